The van der Waals surface area contributed by atoms with Gasteiger partial charge in [0.05, 0.1) is 46.7 Å². The number of para-hydroxylation sites is 1. The van der Waals surface area contributed by atoms with Crippen LogP contribution in [0.4, 0.5) is 5.69 Å². The highest BCUT2D eigenvalue weighted by atomic mass is 16.3. The van der Waals surface area contributed by atoms with Crippen molar-refractivity contribution in [1.82, 2.24) is 30.1 Å². The molecule has 0 amide bonds. The van der Waals surface area contributed by atoms with E-state index in [1.54, 1.807) is 12.5 Å². The minimum absolute atomic E-state index is 0.659. The van der Waals surface area contributed by atoms with Crippen molar-refractivity contribution in [2.75, 3.05) is 19.0 Å². The normalized spacial score (nSPS) is 11.4. The first-order valence-electron chi connectivity index (χ1n) is 10.2. The van der Waals surface area contributed by atoms with Gasteiger partial charge in [-0.05, 0) is 30.3 Å². The lowest BCUT2D eigenvalue weighted by Crippen LogP contribution is -2.08. The average Bonchev–Trinajstić information content (AvgIpc) is 3.57. The minimum Gasteiger partial charge on any atom is -0.472 e. The van der Waals surface area contributed by atoms with Gasteiger partial charge in [0.1, 0.15) is 5.52 Å². The molecule has 0 saturated heterocycles. The SMILES string of the molecule is CN(C)c1cncc(-c2ccc3[nH]nc(-c4nc5c(-c6ccoc6)cccc5[nH]4)c3n2)c1. The van der Waals surface area contributed by atoms with E-state index < -0.39 is 0 Å². The van der Waals surface area contributed by atoms with Crippen LogP contribution in [0.15, 0.2) is 71.8 Å². The van der Waals surface area contributed by atoms with E-state index in [1.807, 2.05) is 67.8 Å². The van der Waals surface area contributed by atoms with Gasteiger partial charge < -0.3 is 14.3 Å². The summed E-state index contributed by atoms with van der Waals surface area (Å²) in [6.07, 6.45) is 7.03. The van der Waals surface area contributed by atoms with Crippen molar-refractivity contribution in [3.05, 3.63) is 67.4 Å². The highest BCUT2D eigenvalue weighted by Gasteiger charge is 2.17. The van der Waals surface area contributed by atoms with Gasteiger partial charge in [-0.2, -0.15) is 5.10 Å². The summed E-state index contributed by atoms with van der Waals surface area (Å²) in [5, 5.41) is 7.58. The molecule has 0 saturated carbocycles. The molecule has 0 aliphatic rings. The van der Waals surface area contributed by atoms with E-state index in [9.17, 15) is 0 Å². The number of rotatable bonds is 4. The molecule has 0 fully saturated rings. The van der Waals surface area contributed by atoms with E-state index in [2.05, 4.69) is 26.2 Å². The second-order valence-corrected chi connectivity index (χ2v) is 7.79. The number of aromatic amines is 2. The Bertz CT molecular complexity index is 1560. The highest BCUT2D eigenvalue weighted by molar-refractivity contribution is 5.96. The summed E-state index contributed by atoms with van der Waals surface area (Å²) in [5.74, 6) is 0.659. The van der Waals surface area contributed by atoms with Crippen LogP contribution in [0.3, 0.4) is 0 Å². The molecule has 0 aliphatic carbocycles. The summed E-state index contributed by atoms with van der Waals surface area (Å²) in [7, 11) is 3.98. The first kappa shape index (κ1) is 18.3. The standard InChI is InChI=1S/C24H19N7O/c1-31(2)16-10-15(11-25-12-16)18-6-7-20-22(26-18)23(30-29-20)24-27-19-5-3-4-17(21(19)28-24)14-8-9-32-13-14/h3-13H,1-2H3,(H,27,28)(H,29,30). The Labute approximate surface area is 183 Å². The molecule has 156 valence electrons. The Balaban J connectivity index is 1.49. The second-order valence-electron chi connectivity index (χ2n) is 7.79. The van der Waals surface area contributed by atoms with Gasteiger partial charge in [-0.1, -0.05) is 12.1 Å². The summed E-state index contributed by atoms with van der Waals surface area (Å²) >= 11 is 0. The van der Waals surface area contributed by atoms with Crippen LogP contribution in [0, 0.1) is 0 Å². The number of nitrogens with zero attached hydrogens (tertiary/aromatic N) is 5. The molecular formula is C24H19N7O. The van der Waals surface area contributed by atoms with E-state index in [4.69, 9.17) is 14.4 Å². The lowest BCUT2D eigenvalue weighted by Gasteiger charge is -2.12. The van der Waals surface area contributed by atoms with Gasteiger partial charge in [-0.3, -0.25) is 10.1 Å². The molecule has 0 spiro atoms. The molecule has 0 bridgehead atoms. The minimum atomic E-state index is 0.659. The van der Waals surface area contributed by atoms with Gasteiger partial charge in [0.25, 0.3) is 0 Å². The number of benzene rings is 1. The van der Waals surface area contributed by atoms with Crippen molar-refractivity contribution >= 4 is 27.8 Å². The largest absolute Gasteiger partial charge is 0.472 e. The molecule has 8 heteroatoms. The molecule has 6 aromatic rings. The van der Waals surface area contributed by atoms with Crippen LogP contribution in [-0.4, -0.2) is 44.2 Å². The number of pyridine rings is 2. The molecule has 5 aromatic heterocycles. The van der Waals surface area contributed by atoms with Crippen LogP contribution in [0.2, 0.25) is 0 Å². The maximum atomic E-state index is 5.26. The number of nitrogens with one attached hydrogen (secondary N) is 2. The Morgan fingerprint density at radius 3 is 2.69 bits per heavy atom. The number of fused-ring (bicyclic) bond motifs is 2. The fourth-order valence-electron chi connectivity index (χ4n) is 3.83. The van der Waals surface area contributed by atoms with E-state index in [1.165, 1.54) is 0 Å². The van der Waals surface area contributed by atoms with Crippen molar-refractivity contribution in [2.24, 2.45) is 0 Å². The van der Waals surface area contributed by atoms with Gasteiger partial charge in [-0.15, -0.1) is 0 Å². The zero-order valence-corrected chi connectivity index (χ0v) is 17.5. The van der Waals surface area contributed by atoms with Crippen molar-refractivity contribution in [3.63, 3.8) is 0 Å². The number of hydrogen-bond acceptors (Lipinski definition) is 6. The third-order valence-corrected chi connectivity index (χ3v) is 5.51. The van der Waals surface area contributed by atoms with E-state index in [-0.39, 0.29) is 0 Å². The van der Waals surface area contributed by atoms with Crippen molar-refractivity contribution in [3.8, 4) is 33.9 Å². The Morgan fingerprint density at radius 1 is 0.906 bits per heavy atom. The van der Waals surface area contributed by atoms with Crippen LogP contribution < -0.4 is 4.90 Å². The van der Waals surface area contributed by atoms with Crippen LogP contribution in [0.25, 0.3) is 56.0 Å². The number of anilines is 1. The fraction of sp³-hybridized carbons (Fsp3) is 0.0833. The average molecular weight is 421 g/mol. The molecule has 0 aliphatic heterocycles. The Kier molecular flexibility index (Phi) is 4.04. The smallest absolute Gasteiger partial charge is 0.161 e. The van der Waals surface area contributed by atoms with Crippen molar-refractivity contribution < 1.29 is 4.42 Å². The zero-order valence-electron chi connectivity index (χ0n) is 17.5. The molecule has 2 N–H and O–H groups in total. The summed E-state index contributed by atoms with van der Waals surface area (Å²) in [4.78, 5) is 19.5. The van der Waals surface area contributed by atoms with Gasteiger partial charge in [0, 0.05) is 37.0 Å². The number of H-pyrrole nitrogens is 2. The number of aromatic nitrogens is 6. The first-order chi connectivity index (χ1) is 15.7. The van der Waals surface area contributed by atoms with Gasteiger partial charge >= 0.3 is 0 Å². The summed E-state index contributed by atoms with van der Waals surface area (Å²) in [6, 6.07) is 14.0. The van der Waals surface area contributed by atoms with Gasteiger partial charge in [0.2, 0.25) is 0 Å². The quantitative estimate of drug-likeness (QED) is 0.420. The third kappa shape index (κ3) is 2.92. The molecule has 6 rings (SSSR count). The number of hydrogen-bond donors (Lipinski definition) is 2. The predicted octanol–water partition coefficient (Wildman–Crippen LogP) is 4.89. The monoisotopic (exact) mass is 421 g/mol. The van der Waals surface area contributed by atoms with E-state index in [0.29, 0.717) is 11.5 Å². The van der Waals surface area contributed by atoms with Crippen LogP contribution in [-0.2, 0) is 0 Å². The summed E-state index contributed by atoms with van der Waals surface area (Å²) < 4.78 is 5.26. The molecule has 8 nitrogen and oxygen atoms in total. The van der Waals surface area contributed by atoms with Gasteiger partial charge in [-0.25, -0.2) is 9.97 Å². The number of imidazole rings is 1. The fourth-order valence-corrected chi connectivity index (χ4v) is 3.83. The van der Waals surface area contributed by atoms with Crippen LogP contribution in [0.1, 0.15) is 0 Å². The Hall–Kier alpha value is -4.46. The predicted molar refractivity (Wildman–Crippen MR) is 124 cm³/mol. The Morgan fingerprint density at radius 2 is 1.84 bits per heavy atom. The molecule has 0 radical (unpaired) electrons. The second kappa shape index (κ2) is 7.05. The lowest BCUT2D eigenvalue weighted by molar-refractivity contribution is 0.568. The first-order valence-corrected chi connectivity index (χ1v) is 10.2. The summed E-state index contributed by atoms with van der Waals surface area (Å²) in [5.41, 5.74) is 8.82. The molecule has 32 heavy (non-hydrogen) atoms. The third-order valence-electron chi connectivity index (χ3n) is 5.51. The number of furan rings is 1. The highest BCUT2D eigenvalue weighted by Crippen LogP contribution is 2.32. The molecule has 5 heterocycles. The topological polar surface area (TPSA) is 99.5 Å². The lowest BCUT2D eigenvalue weighted by atomic mass is 10.1. The molecule has 1 aromatic carbocycles. The van der Waals surface area contributed by atoms with Crippen LogP contribution >= 0.6 is 0 Å². The van der Waals surface area contributed by atoms with E-state index >= 15 is 0 Å². The molecule has 0 unspecified atom stereocenters. The van der Waals surface area contributed by atoms with Gasteiger partial charge in [0.15, 0.2) is 11.5 Å². The zero-order chi connectivity index (χ0) is 21.7. The van der Waals surface area contributed by atoms with Crippen molar-refractivity contribution in [1.29, 1.82) is 0 Å². The van der Waals surface area contributed by atoms with Crippen molar-refractivity contribution in [2.45, 2.75) is 0 Å². The van der Waals surface area contributed by atoms with Crippen LogP contribution in [0.5, 0.6) is 0 Å². The molecular weight excluding hydrogens is 402 g/mol. The molecule has 0 atom stereocenters. The summed E-state index contributed by atoms with van der Waals surface area (Å²) in [6.45, 7) is 0. The maximum absolute atomic E-state index is 5.26. The maximum Gasteiger partial charge on any atom is 0.161 e. The van der Waals surface area contributed by atoms with E-state index in [0.717, 1.165) is 50.1 Å².